The number of aliphatic hydroxyl groups is 2. The monoisotopic (exact) mass is 228 g/mol. The molecule has 1 saturated carbocycles. The molecule has 2 rings (SSSR count). The van der Waals surface area contributed by atoms with Gasteiger partial charge in [-0.25, -0.2) is 0 Å². The molecule has 1 aliphatic carbocycles. The molecule has 4 N–H and O–H groups in total. The van der Waals surface area contributed by atoms with Crippen LogP contribution < -0.4 is 5.73 Å². The molecule has 4 atom stereocenters. The molecule has 1 saturated heterocycles. The van der Waals surface area contributed by atoms with Crippen molar-refractivity contribution in [3.63, 3.8) is 0 Å². The van der Waals surface area contributed by atoms with Crippen molar-refractivity contribution < 1.29 is 15.0 Å². The van der Waals surface area contributed by atoms with Crippen molar-refractivity contribution in [3.05, 3.63) is 0 Å². The Bertz CT molecular complexity index is 262. The highest BCUT2D eigenvalue weighted by Crippen LogP contribution is 2.26. The molecule has 1 heterocycles. The van der Waals surface area contributed by atoms with E-state index in [4.69, 9.17) is 5.73 Å². The predicted molar refractivity (Wildman–Crippen MR) is 58.5 cm³/mol. The number of β-amino-alcohol motifs (C(OH)–C–C–N with tert-alkyl or cyclic N) is 2. The number of rotatable bonds is 1. The molecule has 2 aliphatic rings. The van der Waals surface area contributed by atoms with Crippen molar-refractivity contribution in [1.29, 1.82) is 0 Å². The number of hydrogen-bond acceptors (Lipinski definition) is 4. The molecule has 4 unspecified atom stereocenters. The Hall–Kier alpha value is -0.650. The second kappa shape index (κ2) is 4.69. The normalized spacial score (nSPS) is 40.1. The van der Waals surface area contributed by atoms with Gasteiger partial charge in [0.1, 0.15) is 0 Å². The van der Waals surface area contributed by atoms with Gasteiger partial charge in [0.25, 0.3) is 0 Å². The van der Waals surface area contributed by atoms with Gasteiger partial charge in [0, 0.05) is 19.1 Å². The number of nitrogens with two attached hydrogens (primary N) is 1. The van der Waals surface area contributed by atoms with Crippen LogP contribution in [0.3, 0.4) is 0 Å². The Labute approximate surface area is 95.2 Å². The summed E-state index contributed by atoms with van der Waals surface area (Å²) in [5.74, 6) is -0.117. The Morgan fingerprint density at radius 2 is 1.69 bits per heavy atom. The van der Waals surface area contributed by atoms with Crippen molar-refractivity contribution in [2.45, 2.75) is 43.9 Å². The molecule has 0 aromatic rings. The second-order valence-corrected chi connectivity index (χ2v) is 4.93. The quantitative estimate of drug-likeness (QED) is 0.541. The third-order valence-corrected chi connectivity index (χ3v) is 3.71. The number of carbonyl (C=O) groups excluding carboxylic acids is 1. The zero-order valence-electron chi connectivity index (χ0n) is 9.38. The van der Waals surface area contributed by atoms with E-state index in [1.165, 1.54) is 0 Å². The maximum atomic E-state index is 12.1. The fraction of sp³-hybridized carbons (Fsp3) is 0.909. The molecule has 0 aromatic carbocycles. The summed E-state index contributed by atoms with van der Waals surface area (Å²) in [4.78, 5) is 13.7. The summed E-state index contributed by atoms with van der Waals surface area (Å²) in [6.45, 7) is 0.479. The van der Waals surface area contributed by atoms with E-state index in [1.807, 2.05) is 0 Å². The van der Waals surface area contributed by atoms with Crippen molar-refractivity contribution in [2.75, 3.05) is 13.1 Å². The summed E-state index contributed by atoms with van der Waals surface area (Å²) in [5.41, 5.74) is 5.94. The molecule has 5 nitrogen and oxygen atoms in total. The van der Waals surface area contributed by atoms with Gasteiger partial charge >= 0.3 is 0 Å². The molecule has 16 heavy (non-hydrogen) atoms. The van der Waals surface area contributed by atoms with E-state index in [2.05, 4.69) is 0 Å². The first kappa shape index (κ1) is 11.8. The summed E-state index contributed by atoms with van der Waals surface area (Å²) < 4.78 is 0. The van der Waals surface area contributed by atoms with Crippen LogP contribution >= 0.6 is 0 Å². The van der Waals surface area contributed by atoms with Gasteiger partial charge in [-0.1, -0.05) is 12.8 Å². The summed E-state index contributed by atoms with van der Waals surface area (Å²) in [6.07, 6.45) is 2.27. The Kier molecular flexibility index (Phi) is 3.47. The van der Waals surface area contributed by atoms with Crippen LogP contribution in [0, 0.1) is 5.92 Å². The minimum Gasteiger partial charge on any atom is -0.388 e. The summed E-state index contributed by atoms with van der Waals surface area (Å²) in [5, 5.41) is 18.8. The van der Waals surface area contributed by atoms with E-state index >= 15 is 0 Å². The molecule has 92 valence electrons. The van der Waals surface area contributed by atoms with Gasteiger partial charge in [0.15, 0.2) is 0 Å². The number of hydrogen-bond donors (Lipinski definition) is 3. The summed E-state index contributed by atoms with van der Waals surface area (Å²) in [7, 11) is 0. The first-order valence-electron chi connectivity index (χ1n) is 6.00. The topological polar surface area (TPSA) is 86.8 Å². The highest BCUT2D eigenvalue weighted by atomic mass is 16.3. The molecule has 0 aromatic heterocycles. The molecule has 5 heteroatoms. The Morgan fingerprint density at radius 1 is 1.12 bits per heavy atom. The van der Waals surface area contributed by atoms with E-state index < -0.39 is 12.2 Å². The highest BCUT2D eigenvalue weighted by Gasteiger charge is 2.37. The van der Waals surface area contributed by atoms with Crippen molar-refractivity contribution in [3.8, 4) is 0 Å². The molecule has 0 spiro atoms. The standard InChI is InChI=1S/C11H20N2O3/c12-8-4-2-1-3-7(8)11(16)13-5-9(14)10(15)6-13/h7-10,14-15H,1-6,12H2. The average Bonchev–Trinajstić information content (AvgIpc) is 2.59. The molecule has 2 fully saturated rings. The van der Waals surface area contributed by atoms with Crippen LogP contribution in [0.4, 0.5) is 0 Å². The average molecular weight is 228 g/mol. The summed E-state index contributed by atoms with van der Waals surface area (Å²) in [6, 6.07) is -0.0591. The summed E-state index contributed by atoms with van der Waals surface area (Å²) >= 11 is 0. The maximum absolute atomic E-state index is 12.1. The molecular weight excluding hydrogens is 208 g/mol. The van der Waals surface area contributed by atoms with E-state index in [-0.39, 0.29) is 31.0 Å². The first-order chi connectivity index (χ1) is 7.59. The van der Waals surface area contributed by atoms with Crippen molar-refractivity contribution in [2.24, 2.45) is 11.7 Å². The fourth-order valence-corrected chi connectivity index (χ4v) is 2.65. The van der Waals surface area contributed by atoms with Crippen LogP contribution in [-0.4, -0.2) is 52.4 Å². The van der Waals surface area contributed by atoms with Crippen molar-refractivity contribution in [1.82, 2.24) is 4.90 Å². The minimum absolute atomic E-state index is 0.00259. The van der Waals surface area contributed by atoms with E-state index in [0.717, 1.165) is 25.7 Å². The van der Waals surface area contributed by atoms with Crippen molar-refractivity contribution >= 4 is 5.91 Å². The molecule has 1 aliphatic heterocycles. The zero-order chi connectivity index (χ0) is 11.7. The fourth-order valence-electron chi connectivity index (χ4n) is 2.65. The minimum atomic E-state index is -0.802. The van der Waals surface area contributed by atoms with Gasteiger partial charge in [-0.3, -0.25) is 4.79 Å². The van der Waals surface area contributed by atoms with Crippen LogP contribution in [0.15, 0.2) is 0 Å². The third-order valence-electron chi connectivity index (χ3n) is 3.71. The Balaban J connectivity index is 1.96. The lowest BCUT2D eigenvalue weighted by Crippen LogP contribution is -2.45. The van der Waals surface area contributed by atoms with Crippen LogP contribution in [-0.2, 0) is 4.79 Å². The number of aliphatic hydroxyl groups excluding tert-OH is 2. The molecular formula is C11H20N2O3. The zero-order valence-corrected chi connectivity index (χ0v) is 9.38. The maximum Gasteiger partial charge on any atom is 0.227 e. The van der Waals surface area contributed by atoms with Crippen LogP contribution in [0.25, 0.3) is 0 Å². The Morgan fingerprint density at radius 3 is 2.25 bits per heavy atom. The largest absolute Gasteiger partial charge is 0.388 e. The smallest absolute Gasteiger partial charge is 0.227 e. The number of likely N-dealkylation sites (tertiary alicyclic amines) is 1. The van der Waals surface area contributed by atoms with Gasteiger partial charge < -0.3 is 20.8 Å². The van der Waals surface area contributed by atoms with E-state index in [9.17, 15) is 15.0 Å². The number of amides is 1. The SMILES string of the molecule is NC1CCCCC1C(=O)N1CC(O)C(O)C1. The first-order valence-corrected chi connectivity index (χ1v) is 6.00. The van der Waals surface area contributed by atoms with Crippen LogP contribution in [0.1, 0.15) is 25.7 Å². The predicted octanol–water partition coefficient (Wildman–Crippen LogP) is -0.932. The number of nitrogens with zero attached hydrogens (tertiary/aromatic N) is 1. The van der Waals surface area contributed by atoms with Crippen LogP contribution in [0.2, 0.25) is 0 Å². The van der Waals surface area contributed by atoms with Gasteiger partial charge in [-0.05, 0) is 12.8 Å². The second-order valence-electron chi connectivity index (χ2n) is 4.93. The lowest BCUT2D eigenvalue weighted by molar-refractivity contribution is -0.136. The van der Waals surface area contributed by atoms with E-state index in [1.54, 1.807) is 4.90 Å². The van der Waals surface area contributed by atoms with Gasteiger partial charge in [0.05, 0.1) is 18.1 Å². The van der Waals surface area contributed by atoms with E-state index in [0.29, 0.717) is 0 Å². The van der Waals surface area contributed by atoms with Gasteiger partial charge in [-0.2, -0.15) is 0 Å². The highest BCUT2D eigenvalue weighted by molar-refractivity contribution is 5.80. The van der Waals surface area contributed by atoms with Gasteiger partial charge in [-0.15, -0.1) is 0 Å². The molecule has 1 amide bonds. The lowest BCUT2D eigenvalue weighted by Gasteiger charge is -2.30. The third kappa shape index (κ3) is 2.21. The number of carbonyl (C=O) groups is 1. The molecule has 0 radical (unpaired) electrons. The lowest BCUT2D eigenvalue weighted by atomic mass is 9.84. The molecule has 0 bridgehead atoms. The van der Waals surface area contributed by atoms with Gasteiger partial charge in [0.2, 0.25) is 5.91 Å². The van der Waals surface area contributed by atoms with Crippen LogP contribution in [0.5, 0.6) is 0 Å².